The van der Waals surface area contributed by atoms with E-state index in [-0.39, 0.29) is 6.79 Å². The molecule has 25 heavy (non-hydrogen) atoms. The van der Waals surface area contributed by atoms with E-state index in [9.17, 15) is 5.26 Å². The van der Waals surface area contributed by atoms with E-state index >= 15 is 0 Å². The number of ether oxygens (including phenoxy) is 2. The zero-order chi connectivity index (χ0) is 16.8. The number of furan rings is 1. The van der Waals surface area contributed by atoms with Crippen molar-refractivity contribution in [1.29, 1.82) is 5.26 Å². The Bertz CT molecular complexity index is 1140. The second-order valence-electron chi connectivity index (χ2n) is 5.47. The molecule has 4 heterocycles. The quantitative estimate of drug-likeness (QED) is 0.561. The summed E-state index contributed by atoms with van der Waals surface area (Å²) in [5.74, 6) is 2.35. The van der Waals surface area contributed by atoms with Gasteiger partial charge in [0, 0.05) is 11.8 Å². The van der Waals surface area contributed by atoms with Gasteiger partial charge in [-0.05, 0) is 35.9 Å². The average Bonchev–Trinajstić information content (AvgIpc) is 3.39. The third kappa shape index (κ3) is 2.05. The maximum atomic E-state index is 9.70. The van der Waals surface area contributed by atoms with Gasteiger partial charge in [0.2, 0.25) is 12.6 Å². The van der Waals surface area contributed by atoms with Crippen molar-refractivity contribution < 1.29 is 13.9 Å². The molecule has 0 radical (unpaired) electrons. The van der Waals surface area contributed by atoms with Crippen LogP contribution in [0.4, 0.5) is 0 Å². The molecule has 0 N–H and O–H groups in total. The van der Waals surface area contributed by atoms with Crippen molar-refractivity contribution in [3.8, 4) is 40.3 Å². The Morgan fingerprint density at radius 1 is 1.12 bits per heavy atom. The van der Waals surface area contributed by atoms with Gasteiger partial charge in [-0.2, -0.15) is 5.26 Å². The number of hydrogen-bond donors (Lipinski definition) is 0. The summed E-state index contributed by atoms with van der Waals surface area (Å²) >= 11 is 0. The molecule has 0 spiro atoms. The van der Waals surface area contributed by atoms with Crippen LogP contribution in [0.5, 0.6) is 11.5 Å². The topological polar surface area (TPSA) is 85.6 Å². The summed E-state index contributed by atoms with van der Waals surface area (Å²) in [6, 6.07) is 13.2. The number of pyridine rings is 1. The molecule has 3 aromatic heterocycles. The number of aromatic nitrogens is 3. The normalized spacial score (nSPS) is 12.4. The number of fused-ring (bicyclic) bond motifs is 2. The number of benzene rings is 1. The summed E-state index contributed by atoms with van der Waals surface area (Å²) in [5.41, 5.74) is 2.52. The minimum atomic E-state index is 0.208. The number of nitriles is 1. The molecule has 1 aromatic carbocycles. The minimum absolute atomic E-state index is 0.208. The lowest BCUT2D eigenvalue weighted by atomic mass is 10.0. The Balaban J connectivity index is 1.70. The molecular weight excluding hydrogens is 320 g/mol. The first-order valence-corrected chi connectivity index (χ1v) is 7.57. The summed E-state index contributed by atoms with van der Waals surface area (Å²) in [4.78, 5) is 4.46. The number of hydrogen-bond acceptors (Lipinski definition) is 6. The number of rotatable bonds is 2. The number of nitrogens with zero attached hydrogens (tertiary/aromatic N) is 4. The molecule has 1 aliphatic rings. The smallest absolute Gasteiger partial charge is 0.231 e. The Labute approximate surface area is 141 Å². The molecule has 4 aromatic rings. The molecule has 0 saturated heterocycles. The minimum Gasteiger partial charge on any atom is -0.461 e. The fraction of sp³-hybridized carbons (Fsp3) is 0.0556. The lowest BCUT2D eigenvalue weighted by Crippen LogP contribution is -1.94. The van der Waals surface area contributed by atoms with Gasteiger partial charge >= 0.3 is 0 Å². The van der Waals surface area contributed by atoms with Gasteiger partial charge in [-0.25, -0.2) is 9.50 Å². The summed E-state index contributed by atoms with van der Waals surface area (Å²) < 4.78 is 17.7. The first-order chi connectivity index (χ1) is 12.3. The van der Waals surface area contributed by atoms with Crippen molar-refractivity contribution >= 4 is 5.65 Å². The van der Waals surface area contributed by atoms with Crippen molar-refractivity contribution in [3.63, 3.8) is 0 Å². The first-order valence-electron chi connectivity index (χ1n) is 7.57. The Morgan fingerprint density at radius 3 is 2.88 bits per heavy atom. The van der Waals surface area contributed by atoms with Gasteiger partial charge in [0.1, 0.15) is 11.6 Å². The zero-order valence-electron chi connectivity index (χ0n) is 12.8. The Kier molecular flexibility index (Phi) is 2.79. The van der Waals surface area contributed by atoms with Crippen LogP contribution >= 0.6 is 0 Å². The maximum Gasteiger partial charge on any atom is 0.231 e. The predicted molar refractivity (Wildman–Crippen MR) is 87.0 cm³/mol. The molecule has 120 valence electrons. The van der Waals surface area contributed by atoms with Crippen LogP contribution in [0.3, 0.4) is 0 Å². The van der Waals surface area contributed by atoms with Gasteiger partial charge in [0.15, 0.2) is 22.9 Å². The molecule has 0 fully saturated rings. The van der Waals surface area contributed by atoms with Crippen LogP contribution in [0.2, 0.25) is 0 Å². The fourth-order valence-corrected chi connectivity index (χ4v) is 2.87. The van der Waals surface area contributed by atoms with Crippen LogP contribution in [0.15, 0.2) is 53.3 Å². The van der Waals surface area contributed by atoms with E-state index in [1.165, 1.54) is 0 Å². The summed E-state index contributed by atoms with van der Waals surface area (Å²) in [6.07, 6.45) is 3.33. The maximum absolute atomic E-state index is 9.70. The molecule has 0 aliphatic carbocycles. The highest BCUT2D eigenvalue weighted by molar-refractivity contribution is 5.79. The van der Waals surface area contributed by atoms with Gasteiger partial charge in [-0.1, -0.05) is 6.07 Å². The molecule has 5 rings (SSSR count). The molecule has 0 amide bonds. The van der Waals surface area contributed by atoms with E-state index in [4.69, 9.17) is 13.9 Å². The van der Waals surface area contributed by atoms with Crippen LogP contribution in [-0.2, 0) is 0 Å². The van der Waals surface area contributed by atoms with Crippen LogP contribution in [0.1, 0.15) is 5.56 Å². The first kappa shape index (κ1) is 13.6. The SMILES string of the molecule is N#Cc1c(-c2ccc3c(c2)OCO3)ccn2nc(-c3ccco3)nc12. The van der Waals surface area contributed by atoms with E-state index in [0.717, 1.165) is 11.1 Å². The van der Waals surface area contributed by atoms with Crippen LogP contribution in [-0.4, -0.2) is 21.4 Å². The van der Waals surface area contributed by atoms with Crippen molar-refractivity contribution in [3.05, 3.63) is 54.4 Å². The molecule has 7 heteroatoms. The molecular formula is C18H10N4O3. The molecule has 7 nitrogen and oxygen atoms in total. The molecule has 0 atom stereocenters. The third-order valence-electron chi connectivity index (χ3n) is 4.04. The highest BCUT2D eigenvalue weighted by Gasteiger charge is 2.18. The van der Waals surface area contributed by atoms with Crippen LogP contribution in [0, 0.1) is 11.3 Å². The fourth-order valence-electron chi connectivity index (χ4n) is 2.87. The Morgan fingerprint density at radius 2 is 2.04 bits per heavy atom. The van der Waals surface area contributed by atoms with Crippen LogP contribution < -0.4 is 9.47 Å². The van der Waals surface area contributed by atoms with Crippen molar-refractivity contribution in [1.82, 2.24) is 14.6 Å². The highest BCUT2D eigenvalue weighted by Crippen LogP contribution is 2.37. The lowest BCUT2D eigenvalue weighted by molar-refractivity contribution is 0.174. The van der Waals surface area contributed by atoms with Gasteiger partial charge < -0.3 is 13.9 Å². The summed E-state index contributed by atoms with van der Waals surface area (Å²) in [7, 11) is 0. The van der Waals surface area contributed by atoms with E-state index < -0.39 is 0 Å². The van der Waals surface area contributed by atoms with Crippen LogP contribution in [0.25, 0.3) is 28.4 Å². The Hall–Kier alpha value is -3.79. The predicted octanol–water partition coefficient (Wildman–Crippen LogP) is 3.26. The molecule has 0 unspecified atom stereocenters. The monoisotopic (exact) mass is 330 g/mol. The largest absolute Gasteiger partial charge is 0.461 e. The molecule has 0 bridgehead atoms. The zero-order valence-corrected chi connectivity index (χ0v) is 12.8. The summed E-state index contributed by atoms with van der Waals surface area (Å²) in [5, 5.41) is 14.1. The van der Waals surface area contributed by atoms with Crippen molar-refractivity contribution in [2.45, 2.75) is 0 Å². The lowest BCUT2D eigenvalue weighted by Gasteiger charge is -2.06. The van der Waals surface area contributed by atoms with Crippen molar-refractivity contribution in [2.24, 2.45) is 0 Å². The molecule has 0 saturated carbocycles. The van der Waals surface area contributed by atoms with E-state index in [1.54, 1.807) is 29.1 Å². The summed E-state index contributed by atoms with van der Waals surface area (Å²) in [6.45, 7) is 0.208. The van der Waals surface area contributed by atoms with Gasteiger partial charge in [-0.3, -0.25) is 0 Å². The van der Waals surface area contributed by atoms with Gasteiger partial charge in [0.05, 0.1) is 6.26 Å². The standard InChI is InChI=1S/C18H10N4O3/c19-9-13-12(11-3-4-14-16(8-11)25-10-24-14)5-6-22-18(13)20-17(21-22)15-2-1-7-23-15/h1-8H,10H2. The highest BCUT2D eigenvalue weighted by atomic mass is 16.7. The second kappa shape index (κ2) is 5.11. The average molecular weight is 330 g/mol. The second-order valence-corrected chi connectivity index (χ2v) is 5.47. The van der Waals surface area contributed by atoms with E-state index in [1.807, 2.05) is 24.3 Å². The molecule has 1 aliphatic heterocycles. The third-order valence-corrected chi connectivity index (χ3v) is 4.04. The van der Waals surface area contributed by atoms with Gasteiger partial charge in [0.25, 0.3) is 0 Å². The van der Waals surface area contributed by atoms with E-state index in [2.05, 4.69) is 16.2 Å². The van der Waals surface area contributed by atoms with E-state index in [0.29, 0.717) is 34.3 Å². The van der Waals surface area contributed by atoms with Gasteiger partial charge in [-0.15, -0.1) is 5.10 Å². The van der Waals surface area contributed by atoms with Crippen molar-refractivity contribution in [2.75, 3.05) is 6.79 Å².